The number of carbonyl (C=O) groups is 1. The summed E-state index contributed by atoms with van der Waals surface area (Å²) >= 11 is 0. The van der Waals surface area contributed by atoms with Crippen LogP contribution >= 0.6 is 0 Å². The number of nitrogens with zero attached hydrogens (tertiary/aromatic N) is 6. The van der Waals surface area contributed by atoms with Gasteiger partial charge >= 0.3 is 6.09 Å². The van der Waals surface area contributed by atoms with E-state index in [9.17, 15) is 17.6 Å². The molecule has 4 aromatic rings. The van der Waals surface area contributed by atoms with E-state index in [1.54, 1.807) is 44.6 Å². The van der Waals surface area contributed by atoms with E-state index < -0.39 is 21.3 Å². The fraction of sp³-hybridized carbons (Fsp3) is 0.500. The van der Waals surface area contributed by atoms with Crippen LogP contribution in [0.25, 0.3) is 0 Å². The molecule has 2 aliphatic rings. The van der Waals surface area contributed by atoms with Gasteiger partial charge in [0, 0.05) is 75.9 Å². The number of aromatic nitrogens is 4. The third kappa shape index (κ3) is 8.14. The minimum atomic E-state index is -3.60. The van der Waals surface area contributed by atoms with E-state index in [2.05, 4.69) is 36.7 Å². The predicted molar refractivity (Wildman–Crippen MR) is 194 cm³/mol. The van der Waals surface area contributed by atoms with Crippen molar-refractivity contribution in [3.05, 3.63) is 90.5 Å². The first-order chi connectivity index (χ1) is 24.5. The molecule has 2 atom stereocenters. The first kappa shape index (κ1) is 36.6. The fourth-order valence-corrected chi connectivity index (χ4v) is 9.30. The van der Waals surface area contributed by atoms with Gasteiger partial charge in [-0.1, -0.05) is 25.5 Å². The summed E-state index contributed by atoms with van der Waals surface area (Å²) in [6, 6.07) is 14.1. The van der Waals surface area contributed by atoms with Gasteiger partial charge in [-0.05, 0) is 93.6 Å². The van der Waals surface area contributed by atoms with Crippen LogP contribution in [0.4, 0.5) is 14.9 Å². The Labute approximate surface area is 300 Å². The van der Waals surface area contributed by atoms with E-state index in [1.807, 2.05) is 31.3 Å². The van der Waals surface area contributed by atoms with E-state index in [4.69, 9.17) is 4.74 Å². The van der Waals surface area contributed by atoms with Crippen LogP contribution in [-0.4, -0.2) is 84.6 Å². The van der Waals surface area contributed by atoms with Crippen molar-refractivity contribution in [3.8, 4) is 0 Å². The van der Waals surface area contributed by atoms with Crippen LogP contribution in [0.1, 0.15) is 50.4 Å². The normalized spacial score (nSPS) is 17.9. The molecule has 274 valence electrons. The summed E-state index contributed by atoms with van der Waals surface area (Å²) in [4.78, 5) is 22.3. The van der Waals surface area contributed by atoms with E-state index in [1.165, 1.54) is 23.1 Å². The van der Waals surface area contributed by atoms with Crippen LogP contribution in [0.5, 0.6) is 0 Å². The van der Waals surface area contributed by atoms with Gasteiger partial charge in [0.1, 0.15) is 22.6 Å². The minimum Gasteiger partial charge on any atom is -0.446 e. The lowest BCUT2D eigenvalue weighted by molar-refractivity contribution is 0.0355. The summed E-state index contributed by atoms with van der Waals surface area (Å²) in [5.74, 6) is 1.36. The Morgan fingerprint density at radius 1 is 1.12 bits per heavy atom. The highest BCUT2D eigenvalue weighted by atomic mass is 32.2. The van der Waals surface area contributed by atoms with Gasteiger partial charge in [-0.15, -0.1) is 0 Å². The molecule has 0 spiro atoms. The third-order valence-electron chi connectivity index (χ3n) is 10.8. The van der Waals surface area contributed by atoms with Crippen molar-refractivity contribution >= 4 is 21.6 Å². The lowest BCUT2D eigenvalue weighted by atomic mass is 9.63. The van der Waals surface area contributed by atoms with Crippen molar-refractivity contribution < 1.29 is 22.3 Å². The van der Waals surface area contributed by atoms with Gasteiger partial charge in [-0.25, -0.2) is 22.6 Å². The summed E-state index contributed by atoms with van der Waals surface area (Å²) in [6.45, 7) is 9.37. The largest absolute Gasteiger partial charge is 0.446 e. The molecule has 51 heavy (non-hydrogen) atoms. The standard InChI is InChI=1S/C38H50FN7O4S/c1-5-7-34(50-37(47)40-3)21-38(27-45-19-16-41-28(45)2,31-8-6-9-32(39)20-31)30-14-17-44(18-15-30)23-29-24-46(25-29)33-10-12-35(13-11-33)51(48,49)36-22-42-43(4)26-36/h6,8-13,16,19-20,22,26,29-30,34H,5,7,14-15,17-18,21,23-25,27H2,1-4H3,(H,40,47). The van der Waals surface area contributed by atoms with Gasteiger partial charge in [0.05, 0.1) is 11.1 Å². The molecule has 0 bridgehead atoms. The van der Waals surface area contributed by atoms with Crippen LogP contribution in [0.15, 0.2) is 83.1 Å². The average molecular weight is 720 g/mol. The first-order valence-corrected chi connectivity index (χ1v) is 19.4. The number of benzene rings is 2. The molecular weight excluding hydrogens is 670 g/mol. The van der Waals surface area contributed by atoms with Gasteiger partial charge in [0.15, 0.2) is 0 Å². The molecule has 6 rings (SSSR count). The number of rotatable bonds is 14. The van der Waals surface area contributed by atoms with Crippen molar-refractivity contribution in [2.45, 2.75) is 73.8 Å². The van der Waals surface area contributed by atoms with E-state index in [0.29, 0.717) is 25.3 Å². The summed E-state index contributed by atoms with van der Waals surface area (Å²) in [6.07, 6.45) is 9.93. The van der Waals surface area contributed by atoms with Crippen LogP contribution in [0.3, 0.4) is 0 Å². The number of anilines is 1. The predicted octanol–water partition coefficient (Wildman–Crippen LogP) is 5.60. The number of amides is 1. The minimum absolute atomic E-state index is 0.188. The Morgan fingerprint density at radius 3 is 2.47 bits per heavy atom. The molecule has 2 unspecified atom stereocenters. The second-order valence-electron chi connectivity index (χ2n) is 14.2. The number of carbonyl (C=O) groups excluding carboxylic acids is 1. The van der Waals surface area contributed by atoms with Gasteiger partial charge in [0.2, 0.25) is 9.84 Å². The number of ether oxygens (including phenoxy) is 1. The summed E-state index contributed by atoms with van der Waals surface area (Å²) < 4.78 is 50.5. The van der Waals surface area contributed by atoms with Gasteiger partial charge in [-0.2, -0.15) is 5.10 Å². The van der Waals surface area contributed by atoms with Crippen LogP contribution in [0.2, 0.25) is 0 Å². The molecule has 4 heterocycles. The summed E-state index contributed by atoms with van der Waals surface area (Å²) in [5, 5.41) is 6.62. The Morgan fingerprint density at radius 2 is 1.86 bits per heavy atom. The molecule has 2 aromatic carbocycles. The van der Waals surface area contributed by atoms with Crippen molar-refractivity contribution in [1.82, 2.24) is 29.5 Å². The van der Waals surface area contributed by atoms with E-state index >= 15 is 0 Å². The Balaban J connectivity index is 1.14. The van der Waals surface area contributed by atoms with Crippen molar-refractivity contribution in [2.24, 2.45) is 18.9 Å². The molecule has 0 radical (unpaired) electrons. The number of sulfone groups is 1. The Bertz CT molecular complexity index is 1880. The number of nitrogens with one attached hydrogen (secondary N) is 1. The molecule has 1 amide bonds. The molecule has 2 fully saturated rings. The fourth-order valence-electron chi connectivity index (χ4n) is 8.06. The van der Waals surface area contributed by atoms with Gasteiger partial charge in [0.25, 0.3) is 0 Å². The third-order valence-corrected chi connectivity index (χ3v) is 12.5. The average Bonchev–Trinajstić information content (AvgIpc) is 3.73. The zero-order valence-electron chi connectivity index (χ0n) is 30.0. The van der Waals surface area contributed by atoms with Gasteiger partial charge in [-0.3, -0.25) is 4.68 Å². The summed E-state index contributed by atoms with van der Waals surface area (Å²) in [5.41, 5.74) is 1.46. The smallest absolute Gasteiger partial charge is 0.407 e. The molecule has 2 aromatic heterocycles. The van der Waals surface area contributed by atoms with Crippen molar-refractivity contribution in [3.63, 3.8) is 0 Å². The van der Waals surface area contributed by atoms with E-state index in [0.717, 1.165) is 69.1 Å². The monoisotopic (exact) mass is 719 g/mol. The Hall–Kier alpha value is -4.23. The molecule has 2 aliphatic heterocycles. The highest BCUT2D eigenvalue weighted by molar-refractivity contribution is 7.91. The van der Waals surface area contributed by atoms with Gasteiger partial charge < -0.3 is 24.4 Å². The number of aryl methyl sites for hydroxylation is 2. The SMILES string of the molecule is CCCC(CC(Cn1ccnc1C)(c1cccc(F)c1)C1CCN(CC2CN(c3ccc(S(=O)(=O)c4cnn(C)c4)cc3)C2)CC1)OC(=O)NC. The first-order valence-electron chi connectivity index (χ1n) is 17.9. The number of hydrogen-bond donors (Lipinski definition) is 1. The summed E-state index contributed by atoms with van der Waals surface area (Å²) in [7, 11) is -0.331. The number of hydrogen-bond acceptors (Lipinski definition) is 8. The molecule has 11 nitrogen and oxygen atoms in total. The zero-order chi connectivity index (χ0) is 36.2. The quantitative estimate of drug-likeness (QED) is 0.179. The van der Waals surface area contributed by atoms with Crippen LogP contribution in [0, 0.1) is 24.6 Å². The molecular formula is C38H50FN7O4S. The number of likely N-dealkylation sites (tertiary alicyclic amines) is 1. The number of piperidine rings is 1. The van der Waals surface area contributed by atoms with Crippen LogP contribution in [-0.2, 0) is 33.6 Å². The number of alkyl carbamates (subject to hydrolysis) is 1. The highest BCUT2D eigenvalue weighted by Gasteiger charge is 2.45. The maximum atomic E-state index is 15.0. The molecule has 13 heteroatoms. The number of halogens is 1. The van der Waals surface area contributed by atoms with Crippen molar-refractivity contribution in [2.75, 3.05) is 44.7 Å². The lowest BCUT2D eigenvalue weighted by Gasteiger charge is -2.49. The maximum Gasteiger partial charge on any atom is 0.407 e. The van der Waals surface area contributed by atoms with Crippen LogP contribution < -0.4 is 10.2 Å². The topological polar surface area (TPSA) is 115 Å². The molecule has 1 N–H and O–H groups in total. The second kappa shape index (κ2) is 15.6. The molecule has 0 aliphatic carbocycles. The number of imidazole rings is 1. The zero-order valence-corrected chi connectivity index (χ0v) is 30.9. The second-order valence-corrected chi connectivity index (χ2v) is 16.2. The molecule has 0 saturated carbocycles. The van der Waals surface area contributed by atoms with Crippen molar-refractivity contribution in [1.29, 1.82) is 0 Å². The molecule has 2 saturated heterocycles. The lowest BCUT2D eigenvalue weighted by Crippen LogP contribution is -2.54. The maximum absolute atomic E-state index is 15.0. The highest BCUT2D eigenvalue weighted by Crippen LogP contribution is 2.45. The Kier molecular flexibility index (Phi) is 11.2. The van der Waals surface area contributed by atoms with E-state index in [-0.39, 0.29) is 27.6 Å².